The average molecular weight is 485 g/mol. The molecule has 2 N–H and O–H groups in total. The number of aromatic hydroxyl groups is 1. The minimum atomic E-state index is -4.55. The Balaban J connectivity index is 2.40. The van der Waals surface area contributed by atoms with Crippen molar-refractivity contribution in [2.75, 3.05) is 11.1 Å². The number of nitrogens with zero attached hydrogens (tertiary/aromatic N) is 1. The van der Waals surface area contributed by atoms with Gasteiger partial charge in [0.25, 0.3) is 5.91 Å². The fourth-order valence-corrected chi connectivity index (χ4v) is 4.10. The van der Waals surface area contributed by atoms with Crippen molar-refractivity contribution < 1.29 is 31.5 Å². The van der Waals surface area contributed by atoms with Crippen LogP contribution in [0.25, 0.3) is 0 Å². The third kappa shape index (κ3) is 5.59. The molecule has 6 nitrogen and oxygen atoms in total. The number of hydrogen-bond acceptors (Lipinski definition) is 6. The number of aromatic nitrogens is 1. The number of phenols is 1. The molecule has 0 unspecified atom stereocenters. The summed E-state index contributed by atoms with van der Waals surface area (Å²) in [7, 11) is -3.80. The molecule has 12 heteroatoms. The third-order valence-corrected chi connectivity index (χ3v) is 6.10. The highest BCUT2D eigenvalue weighted by atomic mass is 79.9. The van der Waals surface area contributed by atoms with Gasteiger partial charge in [-0.25, -0.2) is 13.4 Å². The summed E-state index contributed by atoms with van der Waals surface area (Å²) in [6.45, 7) is 1.39. The van der Waals surface area contributed by atoms with E-state index in [0.717, 1.165) is 18.2 Å². The molecule has 2 rings (SSSR count). The van der Waals surface area contributed by atoms with Gasteiger partial charge in [0.2, 0.25) is 0 Å². The van der Waals surface area contributed by atoms with Gasteiger partial charge >= 0.3 is 5.51 Å². The summed E-state index contributed by atoms with van der Waals surface area (Å²) in [6, 6.07) is 4.16. The molecular formula is C15H12BrF3N2O4S2. The molecule has 0 bridgehead atoms. The topological polar surface area (TPSA) is 96.4 Å². The van der Waals surface area contributed by atoms with E-state index in [1.807, 2.05) is 0 Å². The maximum atomic E-state index is 12.5. The highest BCUT2D eigenvalue weighted by Gasteiger charge is 2.30. The van der Waals surface area contributed by atoms with Crippen LogP contribution in [0.15, 0.2) is 44.7 Å². The number of anilines is 1. The Morgan fingerprint density at radius 3 is 2.59 bits per heavy atom. The summed E-state index contributed by atoms with van der Waals surface area (Å²) in [4.78, 5) is 15.7. The van der Waals surface area contributed by atoms with Gasteiger partial charge in [-0.2, -0.15) is 13.2 Å². The van der Waals surface area contributed by atoms with E-state index < -0.39 is 44.5 Å². The van der Waals surface area contributed by atoms with Gasteiger partial charge in [0.1, 0.15) is 11.4 Å². The Hall–Kier alpha value is -1.79. The maximum Gasteiger partial charge on any atom is 0.446 e. The molecule has 1 amide bonds. The van der Waals surface area contributed by atoms with Crippen molar-refractivity contribution in [2.45, 2.75) is 22.2 Å². The van der Waals surface area contributed by atoms with Crippen molar-refractivity contribution in [3.8, 4) is 5.75 Å². The molecular weight excluding hydrogens is 473 g/mol. The number of halogens is 4. The largest absolute Gasteiger partial charge is 0.506 e. The van der Waals surface area contributed by atoms with Gasteiger partial charge in [-0.1, -0.05) is 6.92 Å². The zero-order chi connectivity index (χ0) is 20.4. The SMILES string of the molecule is CCS(=O)(=O)c1cc(Br)cnc1C(=O)Nc1cc(SC(F)(F)F)ccc1O. The van der Waals surface area contributed by atoms with Crippen molar-refractivity contribution in [3.05, 3.63) is 40.6 Å². The van der Waals surface area contributed by atoms with E-state index >= 15 is 0 Å². The molecule has 27 heavy (non-hydrogen) atoms. The summed E-state index contributed by atoms with van der Waals surface area (Å²) in [6.07, 6.45) is 1.21. The number of nitrogens with one attached hydrogen (secondary N) is 1. The minimum absolute atomic E-state index is 0.263. The number of benzene rings is 1. The summed E-state index contributed by atoms with van der Waals surface area (Å²) in [5, 5.41) is 12.0. The van der Waals surface area contributed by atoms with Crippen LogP contribution in [0.3, 0.4) is 0 Å². The van der Waals surface area contributed by atoms with Crippen LogP contribution in [0.4, 0.5) is 18.9 Å². The number of alkyl halides is 3. The van der Waals surface area contributed by atoms with E-state index in [-0.39, 0.29) is 21.2 Å². The van der Waals surface area contributed by atoms with Gasteiger partial charge in [0.15, 0.2) is 9.84 Å². The first-order valence-electron chi connectivity index (χ1n) is 7.21. The minimum Gasteiger partial charge on any atom is -0.506 e. The lowest BCUT2D eigenvalue weighted by Crippen LogP contribution is -2.19. The number of hydrogen-bond donors (Lipinski definition) is 2. The smallest absolute Gasteiger partial charge is 0.446 e. The van der Waals surface area contributed by atoms with E-state index in [4.69, 9.17) is 0 Å². The monoisotopic (exact) mass is 484 g/mol. The Bertz CT molecular complexity index is 982. The predicted molar refractivity (Wildman–Crippen MR) is 97.6 cm³/mol. The molecule has 0 aliphatic rings. The third-order valence-electron chi connectivity index (χ3n) is 3.20. The van der Waals surface area contributed by atoms with Crippen LogP contribution in [0.2, 0.25) is 0 Å². The van der Waals surface area contributed by atoms with Crippen LogP contribution in [0.5, 0.6) is 5.75 Å². The molecule has 0 spiro atoms. The quantitative estimate of drug-likeness (QED) is 0.487. The lowest BCUT2D eigenvalue weighted by molar-refractivity contribution is -0.0328. The molecule has 0 radical (unpaired) electrons. The normalized spacial score (nSPS) is 12.0. The van der Waals surface area contributed by atoms with Crippen molar-refractivity contribution in [3.63, 3.8) is 0 Å². The fraction of sp³-hybridized carbons (Fsp3) is 0.200. The van der Waals surface area contributed by atoms with Crippen molar-refractivity contribution >= 4 is 49.1 Å². The second-order valence-corrected chi connectivity index (χ2v) is 9.39. The van der Waals surface area contributed by atoms with Gasteiger partial charge in [0.05, 0.1) is 16.3 Å². The van der Waals surface area contributed by atoms with Crippen molar-refractivity contribution in [1.82, 2.24) is 4.98 Å². The van der Waals surface area contributed by atoms with Crippen molar-refractivity contribution in [2.24, 2.45) is 0 Å². The molecule has 0 saturated carbocycles. The number of phenolic OH excluding ortho intramolecular Hbond substituents is 1. The molecule has 146 valence electrons. The first-order chi connectivity index (χ1) is 12.4. The molecule has 1 aromatic carbocycles. The second-order valence-electron chi connectivity index (χ2n) is 5.08. The Labute approximate surface area is 165 Å². The lowest BCUT2D eigenvalue weighted by atomic mass is 10.2. The molecule has 0 aliphatic carbocycles. The number of sulfone groups is 1. The Morgan fingerprint density at radius 1 is 1.33 bits per heavy atom. The highest BCUT2D eigenvalue weighted by Crippen LogP contribution is 2.39. The standard InChI is InChI=1S/C15H12BrF3N2O4S2/c1-2-27(24,25)12-5-8(16)7-20-13(12)14(23)21-10-6-9(3-4-11(10)22)26-15(17,18)19/h3-7,22H,2H2,1H3,(H,21,23). The van der Waals surface area contributed by atoms with E-state index in [9.17, 15) is 31.5 Å². The first-order valence-corrected chi connectivity index (χ1v) is 10.5. The van der Waals surface area contributed by atoms with E-state index in [1.54, 1.807) is 0 Å². The van der Waals surface area contributed by atoms with Crippen LogP contribution >= 0.6 is 27.7 Å². The van der Waals surface area contributed by atoms with Crippen LogP contribution in [0.1, 0.15) is 17.4 Å². The number of carbonyl (C=O) groups excluding carboxylic acids is 1. The first kappa shape index (κ1) is 21.5. The van der Waals surface area contributed by atoms with Gasteiger partial charge in [-0.3, -0.25) is 4.79 Å². The number of amides is 1. The number of thioether (sulfide) groups is 1. The van der Waals surface area contributed by atoms with Gasteiger partial charge < -0.3 is 10.4 Å². The molecule has 0 atom stereocenters. The van der Waals surface area contributed by atoms with Crippen LogP contribution in [-0.4, -0.2) is 35.7 Å². The predicted octanol–water partition coefficient (Wildman–Crippen LogP) is 4.21. The van der Waals surface area contributed by atoms with Crippen LogP contribution in [0, 0.1) is 0 Å². The second kappa shape index (κ2) is 8.07. The summed E-state index contributed by atoms with van der Waals surface area (Å²) in [5.41, 5.74) is -5.29. The van der Waals surface area contributed by atoms with Crippen LogP contribution < -0.4 is 5.32 Å². The summed E-state index contributed by atoms with van der Waals surface area (Å²) < 4.78 is 62.2. The fourth-order valence-electron chi connectivity index (χ4n) is 1.98. The highest BCUT2D eigenvalue weighted by molar-refractivity contribution is 9.10. The van der Waals surface area contributed by atoms with Gasteiger partial charge in [0, 0.05) is 15.6 Å². The molecule has 0 aliphatic heterocycles. The Kier molecular flexibility index (Phi) is 6.43. The number of pyridine rings is 1. The summed E-state index contributed by atoms with van der Waals surface area (Å²) >= 11 is 2.65. The molecule has 0 fully saturated rings. The average Bonchev–Trinajstić information content (AvgIpc) is 2.56. The van der Waals surface area contributed by atoms with Gasteiger partial charge in [-0.15, -0.1) is 0 Å². The van der Waals surface area contributed by atoms with E-state index in [0.29, 0.717) is 4.47 Å². The lowest BCUT2D eigenvalue weighted by Gasteiger charge is -2.12. The molecule has 0 saturated heterocycles. The van der Waals surface area contributed by atoms with E-state index in [2.05, 4.69) is 26.2 Å². The zero-order valence-corrected chi connectivity index (χ0v) is 16.8. The van der Waals surface area contributed by atoms with Crippen LogP contribution in [-0.2, 0) is 9.84 Å². The number of rotatable bonds is 5. The molecule has 2 aromatic rings. The number of carbonyl (C=O) groups is 1. The van der Waals surface area contributed by atoms with Gasteiger partial charge in [-0.05, 0) is 52.0 Å². The maximum absolute atomic E-state index is 12.5. The summed E-state index contributed by atoms with van der Waals surface area (Å²) in [5.74, 6) is -1.75. The molecule has 1 aromatic heterocycles. The zero-order valence-electron chi connectivity index (χ0n) is 13.5. The Morgan fingerprint density at radius 2 is 2.00 bits per heavy atom. The van der Waals surface area contributed by atoms with E-state index in [1.165, 1.54) is 19.2 Å². The van der Waals surface area contributed by atoms with Crippen molar-refractivity contribution in [1.29, 1.82) is 0 Å². The molecule has 1 heterocycles.